The number of hydrogen-bond acceptors (Lipinski definition) is 0. The smallest absolute Gasteiger partial charge is 0.0249 e. The van der Waals surface area contributed by atoms with Crippen LogP contribution in [0, 0.1) is 17.8 Å². The molecule has 0 atom stereocenters. The Morgan fingerprint density at radius 1 is 0.793 bits per heavy atom. The van der Waals surface area contributed by atoms with Gasteiger partial charge in [-0.25, -0.2) is 0 Å². The summed E-state index contributed by atoms with van der Waals surface area (Å²) >= 11 is 0. The van der Waals surface area contributed by atoms with E-state index in [1.807, 2.05) is 0 Å². The van der Waals surface area contributed by atoms with Crippen molar-refractivity contribution in [2.24, 2.45) is 5.92 Å². The van der Waals surface area contributed by atoms with E-state index >= 15 is 0 Å². The Morgan fingerprint density at radius 3 is 2.10 bits per heavy atom. The third kappa shape index (κ3) is 6.93. The predicted molar refractivity (Wildman–Crippen MR) is 126 cm³/mol. The molecule has 0 unspecified atom stereocenters. The highest BCUT2D eigenvalue weighted by Gasteiger charge is 2.20. The molecule has 1 fully saturated rings. The Bertz CT molecular complexity index is 803. The number of unbranched alkanes of at least 4 members (excludes halogenated alkanes) is 1. The third-order valence-corrected chi connectivity index (χ3v) is 6.20. The van der Waals surface area contributed by atoms with Gasteiger partial charge in [-0.05, 0) is 91.7 Å². The molecule has 0 heteroatoms. The van der Waals surface area contributed by atoms with Crippen LogP contribution in [0.5, 0.6) is 0 Å². The van der Waals surface area contributed by atoms with Gasteiger partial charge in [-0.3, -0.25) is 0 Å². The van der Waals surface area contributed by atoms with Crippen molar-refractivity contribution in [1.82, 2.24) is 0 Å². The fourth-order valence-corrected chi connectivity index (χ4v) is 4.33. The summed E-state index contributed by atoms with van der Waals surface area (Å²) < 4.78 is 0. The second-order valence-corrected chi connectivity index (χ2v) is 8.53. The Morgan fingerprint density at radius 2 is 1.45 bits per heavy atom. The van der Waals surface area contributed by atoms with Gasteiger partial charge < -0.3 is 0 Å². The molecule has 0 radical (unpaired) electrons. The minimum absolute atomic E-state index is 0.691. The van der Waals surface area contributed by atoms with Gasteiger partial charge in [0, 0.05) is 5.56 Å². The lowest BCUT2D eigenvalue weighted by molar-refractivity contribution is 0.376. The zero-order chi connectivity index (χ0) is 20.3. The molecule has 1 aliphatic carbocycles. The quantitative estimate of drug-likeness (QED) is 0.426. The molecule has 152 valence electrons. The molecule has 0 aromatic heterocycles. The molecule has 0 heterocycles. The highest BCUT2D eigenvalue weighted by molar-refractivity contribution is 5.38. The van der Waals surface area contributed by atoms with Crippen molar-refractivity contribution in [3.63, 3.8) is 0 Å². The van der Waals surface area contributed by atoms with Gasteiger partial charge in [0.2, 0.25) is 0 Å². The number of rotatable bonds is 7. The van der Waals surface area contributed by atoms with Crippen molar-refractivity contribution in [3.8, 4) is 11.8 Å². The van der Waals surface area contributed by atoms with Crippen LogP contribution >= 0.6 is 0 Å². The van der Waals surface area contributed by atoms with Crippen molar-refractivity contribution in [2.75, 3.05) is 0 Å². The Balaban J connectivity index is 1.45. The third-order valence-electron chi connectivity index (χ3n) is 6.20. The molecule has 0 aliphatic heterocycles. The largest absolute Gasteiger partial charge is 0.0730 e. The zero-order valence-corrected chi connectivity index (χ0v) is 18.3. The molecular weight excluding hydrogens is 348 g/mol. The van der Waals surface area contributed by atoms with Crippen molar-refractivity contribution in [2.45, 2.75) is 77.6 Å². The van der Waals surface area contributed by atoms with Crippen LogP contribution in [0.15, 0.2) is 60.7 Å². The maximum atomic E-state index is 3.27. The average Bonchev–Trinajstić information content (AvgIpc) is 2.77. The number of aryl methyl sites for hydroxylation is 2. The molecule has 0 bridgehead atoms. The van der Waals surface area contributed by atoms with Gasteiger partial charge in [0.25, 0.3) is 0 Å². The van der Waals surface area contributed by atoms with Crippen molar-refractivity contribution >= 4 is 0 Å². The van der Waals surface area contributed by atoms with E-state index in [0.29, 0.717) is 5.92 Å². The SMILES string of the molecule is CCCCc1ccc([C@H]2CC[C@H](/C=C/C#Cc3ccc(CCC)cc3)CC2)cc1. The molecule has 0 nitrogen and oxygen atoms in total. The van der Waals surface area contributed by atoms with E-state index < -0.39 is 0 Å². The van der Waals surface area contributed by atoms with E-state index in [4.69, 9.17) is 0 Å². The van der Waals surface area contributed by atoms with E-state index in [0.717, 1.165) is 17.9 Å². The standard InChI is InChI=1S/C29H36/c1-3-5-9-25-16-20-28(21-17-25)29-22-18-27(19-23-29)11-7-6-10-26-14-12-24(8-4-2)13-15-26/h7,11-17,20-21,27,29H,3-5,8-9,18-19,22-23H2,1-2H3/b11-7+/t27-,29-. The van der Waals surface area contributed by atoms with Gasteiger partial charge in [-0.1, -0.05) is 81.0 Å². The topological polar surface area (TPSA) is 0 Å². The first-order valence-electron chi connectivity index (χ1n) is 11.6. The highest BCUT2D eigenvalue weighted by Crippen LogP contribution is 2.36. The summed E-state index contributed by atoms with van der Waals surface area (Å²) in [5.74, 6) is 7.94. The molecule has 0 N–H and O–H groups in total. The minimum atomic E-state index is 0.691. The van der Waals surface area contributed by atoms with Crippen LogP contribution in [0.25, 0.3) is 0 Å². The zero-order valence-electron chi connectivity index (χ0n) is 18.3. The molecular formula is C29H36. The Hall–Kier alpha value is -2.26. The molecule has 3 rings (SSSR count). The summed E-state index contributed by atoms with van der Waals surface area (Å²) in [7, 11) is 0. The molecule has 1 aliphatic rings. The summed E-state index contributed by atoms with van der Waals surface area (Å²) in [5.41, 5.74) is 5.55. The molecule has 0 spiro atoms. The Kier molecular flexibility index (Phi) is 8.63. The normalized spacial score (nSPS) is 19.1. The highest BCUT2D eigenvalue weighted by atomic mass is 14.3. The van der Waals surface area contributed by atoms with Crippen molar-refractivity contribution < 1.29 is 0 Å². The summed E-state index contributed by atoms with van der Waals surface area (Å²) in [6.45, 7) is 4.48. The number of benzene rings is 2. The van der Waals surface area contributed by atoms with E-state index in [1.165, 1.54) is 62.5 Å². The van der Waals surface area contributed by atoms with E-state index in [9.17, 15) is 0 Å². The first kappa shape index (κ1) is 21.4. The number of allylic oxidation sites excluding steroid dienone is 2. The minimum Gasteiger partial charge on any atom is -0.0730 e. The lowest BCUT2D eigenvalue weighted by Gasteiger charge is -2.27. The van der Waals surface area contributed by atoms with Crippen LogP contribution in [-0.4, -0.2) is 0 Å². The van der Waals surface area contributed by atoms with Gasteiger partial charge in [-0.15, -0.1) is 0 Å². The van der Waals surface area contributed by atoms with Crippen LogP contribution in [0.3, 0.4) is 0 Å². The maximum absolute atomic E-state index is 3.27. The lowest BCUT2D eigenvalue weighted by Crippen LogP contribution is -2.11. The molecule has 0 saturated heterocycles. The van der Waals surface area contributed by atoms with Gasteiger partial charge in [-0.2, -0.15) is 0 Å². The summed E-state index contributed by atoms with van der Waals surface area (Å²) in [6.07, 6.45) is 15.7. The average molecular weight is 385 g/mol. The van der Waals surface area contributed by atoms with Crippen LogP contribution < -0.4 is 0 Å². The molecule has 2 aromatic rings. The van der Waals surface area contributed by atoms with Gasteiger partial charge in [0.1, 0.15) is 0 Å². The summed E-state index contributed by atoms with van der Waals surface area (Å²) in [6, 6.07) is 18.1. The number of hydrogen-bond donors (Lipinski definition) is 0. The first-order chi connectivity index (χ1) is 14.3. The lowest BCUT2D eigenvalue weighted by atomic mass is 9.78. The van der Waals surface area contributed by atoms with Crippen LogP contribution in [0.4, 0.5) is 0 Å². The predicted octanol–water partition coefficient (Wildman–Crippen LogP) is 7.86. The first-order valence-corrected chi connectivity index (χ1v) is 11.6. The molecule has 29 heavy (non-hydrogen) atoms. The second-order valence-electron chi connectivity index (χ2n) is 8.53. The Labute approximate surface area is 178 Å². The molecule has 0 amide bonds. The van der Waals surface area contributed by atoms with E-state index in [-0.39, 0.29) is 0 Å². The summed E-state index contributed by atoms with van der Waals surface area (Å²) in [4.78, 5) is 0. The van der Waals surface area contributed by atoms with Gasteiger partial charge in [0.05, 0.1) is 0 Å². The second kappa shape index (κ2) is 11.7. The van der Waals surface area contributed by atoms with Crippen molar-refractivity contribution in [3.05, 3.63) is 82.9 Å². The van der Waals surface area contributed by atoms with Gasteiger partial charge >= 0.3 is 0 Å². The van der Waals surface area contributed by atoms with Crippen molar-refractivity contribution in [1.29, 1.82) is 0 Å². The molecule has 1 saturated carbocycles. The van der Waals surface area contributed by atoms with Crippen LogP contribution in [-0.2, 0) is 12.8 Å². The van der Waals surface area contributed by atoms with E-state index in [1.54, 1.807) is 5.56 Å². The monoisotopic (exact) mass is 384 g/mol. The maximum Gasteiger partial charge on any atom is 0.0249 e. The van der Waals surface area contributed by atoms with Gasteiger partial charge in [0.15, 0.2) is 0 Å². The van der Waals surface area contributed by atoms with Crippen LogP contribution in [0.1, 0.15) is 87.0 Å². The fourth-order valence-electron chi connectivity index (χ4n) is 4.33. The summed E-state index contributed by atoms with van der Waals surface area (Å²) in [5, 5.41) is 0. The molecule has 2 aromatic carbocycles. The fraction of sp³-hybridized carbons (Fsp3) is 0.448. The van der Waals surface area contributed by atoms with E-state index in [2.05, 4.69) is 86.4 Å². The van der Waals surface area contributed by atoms with Crippen LogP contribution in [0.2, 0.25) is 0 Å².